The van der Waals surface area contributed by atoms with Crippen LogP contribution < -0.4 is 5.73 Å². The van der Waals surface area contributed by atoms with Crippen molar-refractivity contribution in [3.05, 3.63) is 17.5 Å². The van der Waals surface area contributed by atoms with Gasteiger partial charge < -0.3 is 10.3 Å². The van der Waals surface area contributed by atoms with Gasteiger partial charge in [-0.05, 0) is 18.8 Å². The quantitative estimate of drug-likeness (QED) is 0.759. The zero-order chi connectivity index (χ0) is 9.10. The predicted octanol–water partition coefficient (Wildman–Crippen LogP) is 2.18. The lowest BCUT2D eigenvalue weighted by atomic mass is 9.84. The predicted molar refractivity (Wildman–Crippen MR) is 50.2 cm³/mol. The van der Waals surface area contributed by atoms with Crippen LogP contribution in [0.3, 0.4) is 0 Å². The molecule has 0 bridgehead atoms. The number of nitrogens with two attached hydrogens (primary N) is 1. The van der Waals surface area contributed by atoms with E-state index in [1.807, 2.05) is 6.20 Å². The number of hydrogen-bond acceptors (Lipinski definition) is 3. The molecule has 1 aliphatic rings. The van der Waals surface area contributed by atoms with E-state index < -0.39 is 0 Å². The van der Waals surface area contributed by atoms with Gasteiger partial charge >= 0.3 is 0 Å². The smallest absolute Gasteiger partial charge is 0.153 e. The van der Waals surface area contributed by atoms with Crippen molar-refractivity contribution in [3.8, 4) is 0 Å². The number of hydrogen-bond donors (Lipinski definition) is 1. The summed E-state index contributed by atoms with van der Waals surface area (Å²) in [6.07, 6.45) is 8.43. The average Bonchev–Trinajstić information content (AvgIpc) is 2.67. The van der Waals surface area contributed by atoms with Gasteiger partial charge in [-0.15, -0.1) is 0 Å². The van der Waals surface area contributed by atoms with Crippen molar-refractivity contribution in [3.63, 3.8) is 0 Å². The van der Waals surface area contributed by atoms with Crippen LogP contribution in [0, 0.1) is 0 Å². The first-order valence-electron chi connectivity index (χ1n) is 5.05. The molecule has 1 aliphatic carbocycles. The molecule has 13 heavy (non-hydrogen) atoms. The van der Waals surface area contributed by atoms with Crippen molar-refractivity contribution in [1.82, 2.24) is 5.16 Å². The molecule has 0 amide bonds. The van der Waals surface area contributed by atoms with Crippen molar-refractivity contribution in [1.29, 1.82) is 0 Å². The summed E-state index contributed by atoms with van der Waals surface area (Å²) in [5, 5.41) is 3.81. The Morgan fingerprint density at radius 2 is 2.15 bits per heavy atom. The van der Waals surface area contributed by atoms with Crippen molar-refractivity contribution >= 4 is 0 Å². The molecule has 1 aromatic heterocycles. The van der Waals surface area contributed by atoms with Crippen LogP contribution in [0.25, 0.3) is 0 Å². The van der Waals surface area contributed by atoms with E-state index in [1.54, 1.807) is 0 Å². The van der Waals surface area contributed by atoms with E-state index in [0.29, 0.717) is 12.5 Å². The summed E-state index contributed by atoms with van der Waals surface area (Å²) in [7, 11) is 0. The van der Waals surface area contributed by atoms with Crippen molar-refractivity contribution in [2.75, 3.05) is 0 Å². The SMILES string of the molecule is NCc1oncc1C1CCCCC1. The molecule has 1 fully saturated rings. The molecule has 0 unspecified atom stereocenters. The van der Waals surface area contributed by atoms with Gasteiger partial charge in [0.25, 0.3) is 0 Å². The van der Waals surface area contributed by atoms with Crippen molar-refractivity contribution in [2.45, 2.75) is 44.6 Å². The van der Waals surface area contributed by atoms with Gasteiger partial charge in [-0.2, -0.15) is 0 Å². The molecule has 0 aliphatic heterocycles. The Labute approximate surface area is 78.3 Å². The Hall–Kier alpha value is -0.830. The first kappa shape index (κ1) is 8.75. The molecule has 3 nitrogen and oxygen atoms in total. The topological polar surface area (TPSA) is 52.0 Å². The molecular formula is C10H16N2O. The van der Waals surface area contributed by atoms with Gasteiger partial charge in [0.2, 0.25) is 0 Å². The Morgan fingerprint density at radius 3 is 2.85 bits per heavy atom. The molecule has 0 spiro atoms. The highest BCUT2D eigenvalue weighted by atomic mass is 16.5. The third-order valence-corrected chi connectivity index (χ3v) is 2.91. The Morgan fingerprint density at radius 1 is 1.38 bits per heavy atom. The van der Waals surface area contributed by atoms with E-state index >= 15 is 0 Å². The summed E-state index contributed by atoms with van der Waals surface area (Å²) in [5.74, 6) is 1.53. The van der Waals surface area contributed by atoms with Gasteiger partial charge in [-0.3, -0.25) is 0 Å². The second-order valence-electron chi connectivity index (χ2n) is 3.74. The first-order valence-corrected chi connectivity index (χ1v) is 5.05. The lowest BCUT2D eigenvalue weighted by molar-refractivity contribution is 0.376. The lowest BCUT2D eigenvalue weighted by Crippen LogP contribution is -2.07. The van der Waals surface area contributed by atoms with Gasteiger partial charge in [-0.1, -0.05) is 24.4 Å². The Kier molecular flexibility index (Phi) is 2.64. The lowest BCUT2D eigenvalue weighted by Gasteiger charge is -2.20. The molecular weight excluding hydrogens is 164 g/mol. The van der Waals surface area contributed by atoms with Gasteiger partial charge in [0.1, 0.15) is 0 Å². The maximum atomic E-state index is 5.57. The fourth-order valence-electron chi connectivity index (χ4n) is 2.17. The van der Waals surface area contributed by atoms with Crippen LogP contribution >= 0.6 is 0 Å². The van der Waals surface area contributed by atoms with Crippen LogP contribution in [0.15, 0.2) is 10.7 Å². The highest BCUT2D eigenvalue weighted by Crippen LogP contribution is 2.33. The molecule has 3 heteroatoms. The zero-order valence-electron chi connectivity index (χ0n) is 7.83. The summed E-state index contributed by atoms with van der Waals surface area (Å²) in [6.45, 7) is 0.478. The summed E-state index contributed by atoms with van der Waals surface area (Å²) < 4.78 is 5.09. The molecule has 0 atom stereocenters. The molecule has 2 rings (SSSR count). The van der Waals surface area contributed by atoms with Crippen LogP contribution in [-0.2, 0) is 6.54 Å². The Balaban J connectivity index is 2.13. The molecule has 1 saturated carbocycles. The van der Waals surface area contributed by atoms with Crippen LogP contribution in [-0.4, -0.2) is 5.16 Å². The standard InChI is InChI=1S/C10H16N2O/c11-6-10-9(7-12-13-10)8-4-2-1-3-5-8/h7-8H,1-6,11H2. The van der Waals surface area contributed by atoms with Crippen LogP contribution in [0.1, 0.15) is 49.3 Å². The second-order valence-corrected chi connectivity index (χ2v) is 3.74. The average molecular weight is 180 g/mol. The maximum Gasteiger partial charge on any atom is 0.153 e. The summed E-state index contributed by atoms with van der Waals surface area (Å²) in [4.78, 5) is 0. The van der Waals surface area contributed by atoms with Crippen LogP contribution in [0.2, 0.25) is 0 Å². The van der Waals surface area contributed by atoms with E-state index in [2.05, 4.69) is 5.16 Å². The molecule has 1 aromatic rings. The zero-order valence-corrected chi connectivity index (χ0v) is 7.83. The molecule has 72 valence electrons. The second kappa shape index (κ2) is 3.92. The van der Waals surface area contributed by atoms with Gasteiger partial charge in [0.05, 0.1) is 12.7 Å². The molecule has 0 radical (unpaired) electrons. The fraction of sp³-hybridized carbons (Fsp3) is 0.700. The maximum absolute atomic E-state index is 5.57. The molecule has 0 aromatic carbocycles. The highest BCUT2D eigenvalue weighted by Gasteiger charge is 2.20. The van der Waals surface area contributed by atoms with Gasteiger partial charge in [-0.25, -0.2) is 0 Å². The van der Waals surface area contributed by atoms with E-state index in [0.717, 1.165) is 5.76 Å². The van der Waals surface area contributed by atoms with Crippen molar-refractivity contribution < 1.29 is 4.52 Å². The van der Waals surface area contributed by atoms with Crippen molar-refractivity contribution in [2.24, 2.45) is 5.73 Å². The monoisotopic (exact) mass is 180 g/mol. The first-order chi connectivity index (χ1) is 6.42. The van der Waals surface area contributed by atoms with Crippen LogP contribution in [0.4, 0.5) is 0 Å². The summed E-state index contributed by atoms with van der Waals surface area (Å²) in [5.41, 5.74) is 6.82. The van der Waals surface area contributed by atoms with Gasteiger partial charge in [0, 0.05) is 5.56 Å². The van der Waals surface area contributed by atoms with E-state index in [4.69, 9.17) is 10.3 Å². The van der Waals surface area contributed by atoms with Crippen LogP contribution in [0.5, 0.6) is 0 Å². The van der Waals surface area contributed by atoms with E-state index in [1.165, 1.54) is 37.7 Å². The van der Waals surface area contributed by atoms with E-state index in [-0.39, 0.29) is 0 Å². The third kappa shape index (κ3) is 1.75. The minimum absolute atomic E-state index is 0.478. The normalized spacial score (nSPS) is 19.2. The van der Waals surface area contributed by atoms with E-state index in [9.17, 15) is 0 Å². The minimum atomic E-state index is 0.478. The number of aromatic nitrogens is 1. The molecule has 0 saturated heterocycles. The largest absolute Gasteiger partial charge is 0.360 e. The summed E-state index contributed by atoms with van der Waals surface area (Å²) >= 11 is 0. The fourth-order valence-corrected chi connectivity index (χ4v) is 2.17. The summed E-state index contributed by atoms with van der Waals surface area (Å²) in [6, 6.07) is 0. The van der Waals surface area contributed by atoms with Gasteiger partial charge in [0.15, 0.2) is 5.76 Å². The third-order valence-electron chi connectivity index (χ3n) is 2.91. The molecule has 2 N–H and O–H groups in total. The Bertz CT molecular complexity index is 264. The highest BCUT2D eigenvalue weighted by molar-refractivity contribution is 5.19. The number of nitrogens with zero attached hydrogens (tertiary/aromatic N) is 1. The molecule has 1 heterocycles. The minimum Gasteiger partial charge on any atom is -0.360 e. The number of rotatable bonds is 2.